The average Bonchev–Trinajstić information content (AvgIpc) is 3.35. The molecule has 1 aromatic carbocycles. The molecule has 0 spiro atoms. The first-order valence-electron chi connectivity index (χ1n) is 10.2. The molecule has 0 radical (unpaired) electrons. The predicted octanol–water partition coefficient (Wildman–Crippen LogP) is 5.99. The number of nitrogens with one attached hydrogen (secondary N) is 2. The number of H-pyrrole nitrogens is 1. The second-order valence-electron chi connectivity index (χ2n) is 7.54. The summed E-state index contributed by atoms with van der Waals surface area (Å²) in [7, 11) is 0. The van der Waals surface area contributed by atoms with Crippen LogP contribution in [0.5, 0.6) is 0 Å². The number of nitrogens with two attached hydrogens (primary N) is 1. The molecule has 0 bridgehead atoms. The number of hydrogen-bond donors (Lipinski definition) is 3. The quantitative estimate of drug-likeness (QED) is 0.230. The zero-order valence-corrected chi connectivity index (χ0v) is 18.1. The Balaban J connectivity index is 1.72. The number of hydrogen-bond acceptors (Lipinski definition) is 5. The normalized spacial score (nSPS) is 12.6. The van der Waals surface area contributed by atoms with Gasteiger partial charge in [0, 0.05) is 11.1 Å². The molecule has 36 heavy (non-hydrogen) atoms. The number of benzene rings is 1. The molecular weight excluding hydrogens is 486 g/mol. The van der Waals surface area contributed by atoms with Gasteiger partial charge < -0.3 is 5.73 Å². The molecule has 0 amide bonds. The van der Waals surface area contributed by atoms with Crippen molar-refractivity contribution in [2.45, 2.75) is 12.4 Å². The fraction of sp³-hybridized carbons (Fsp3) is 0.0833. The fourth-order valence-electron chi connectivity index (χ4n) is 3.30. The average molecular weight is 502 g/mol. The van der Waals surface area contributed by atoms with Gasteiger partial charge in [0.15, 0.2) is 0 Å². The molecule has 4 rings (SSSR count). The van der Waals surface area contributed by atoms with Gasteiger partial charge in [-0.25, -0.2) is 9.97 Å². The number of alkyl halides is 6. The van der Waals surface area contributed by atoms with Gasteiger partial charge in [0.25, 0.3) is 0 Å². The number of pyridine rings is 2. The first kappa shape index (κ1) is 24.6. The van der Waals surface area contributed by atoms with E-state index in [0.717, 1.165) is 6.07 Å². The molecule has 4 aromatic rings. The number of allylic oxidation sites excluding steroid dienone is 2. The molecule has 12 heteroatoms. The minimum atomic E-state index is -4.78. The fourth-order valence-corrected chi connectivity index (χ4v) is 3.30. The Hall–Kier alpha value is -4.48. The highest BCUT2D eigenvalue weighted by molar-refractivity contribution is 6.05. The largest absolute Gasteiger partial charge is 0.432 e. The van der Waals surface area contributed by atoms with Crippen LogP contribution < -0.4 is 5.73 Å². The lowest BCUT2D eigenvalue weighted by Crippen LogP contribution is -2.20. The minimum Gasteiger partial charge on any atom is -0.395 e. The molecule has 6 nitrogen and oxygen atoms in total. The Bertz CT molecular complexity index is 1450. The molecule has 0 aliphatic carbocycles. The van der Waals surface area contributed by atoms with Gasteiger partial charge in [0.05, 0.1) is 28.5 Å². The second-order valence-corrected chi connectivity index (χ2v) is 7.54. The predicted molar refractivity (Wildman–Crippen MR) is 121 cm³/mol. The van der Waals surface area contributed by atoms with E-state index in [0.29, 0.717) is 28.6 Å². The maximum atomic E-state index is 12.9. The highest BCUT2D eigenvalue weighted by Crippen LogP contribution is 2.33. The van der Waals surface area contributed by atoms with Crippen LogP contribution in [0.4, 0.5) is 26.3 Å². The summed E-state index contributed by atoms with van der Waals surface area (Å²) in [5.74, 6) is 0. The van der Waals surface area contributed by atoms with Crippen LogP contribution in [0.2, 0.25) is 0 Å². The maximum Gasteiger partial charge on any atom is 0.432 e. The number of rotatable bonds is 5. The lowest BCUT2D eigenvalue weighted by molar-refractivity contribution is -0.141. The molecule has 0 aliphatic heterocycles. The van der Waals surface area contributed by atoms with Crippen LogP contribution >= 0.6 is 0 Å². The molecule has 0 unspecified atom stereocenters. The van der Waals surface area contributed by atoms with E-state index in [2.05, 4.69) is 15.1 Å². The highest BCUT2D eigenvalue weighted by atomic mass is 19.4. The molecule has 0 saturated heterocycles. The molecule has 184 valence electrons. The monoisotopic (exact) mass is 502 g/mol. The van der Waals surface area contributed by atoms with Crippen molar-refractivity contribution in [2.75, 3.05) is 0 Å². The van der Waals surface area contributed by atoms with E-state index in [1.54, 1.807) is 42.5 Å². The topological polar surface area (TPSA) is 104 Å². The summed E-state index contributed by atoms with van der Waals surface area (Å²) in [6.07, 6.45) is -8.87. The van der Waals surface area contributed by atoms with Gasteiger partial charge in [-0.15, -0.1) is 0 Å². The Morgan fingerprint density at radius 1 is 0.778 bits per heavy atom. The SMILES string of the molecule is N=C(C=C(N)C(F)(F)F)c1cccc(-c2ccccc2-c2cccc(-c3cc(C(F)(F)F)[nH]n3)n2)n1. The van der Waals surface area contributed by atoms with E-state index in [1.165, 1.54) is 18.2 Å². The lowest BCUT2D eigenvalue weighted by Gasteiger charge is -2.11. The molecule has 0 aliphatic rings. The van der Waals surface area contributed by atoms with Crippen LogP contribution in [0.15, 0.2) is 78.5 Å². The molecule has 0 saturated carbocycles. The van der Waals surface area contributed by atoms with Gasteiger partial charge in [0.1, 0.15) is 17.1 Å². The van der Waals surface area contributed by atoms with Crippen LogP contribution in [-0.2, 0) is 6.18 Å². The van der Waals surface area contributed by atoms with E-state index in [9.17, 15) is 26.3 Å². The van der Waals surface area contributed by atoms with Gasteiger partial charge in [-0.3, -0.25) is 10.5 Å². The zero-order valence-electron chi connectivity index (χ0n) is 18.1. The molecular formula is C24H16F6N6. The van der Waals surface area contributed by atoms with Crippen molar-refractivity contribution in [1.29, 1.82) is 5.41 Å². The standard InChI is InChI=1S/C24H16F6N6/c25-23(26,27)21(32)11-15(31)18-9-3-7-16(33-18)13-5-1-2-6-14(13)17-8-4-10-19(34-17)20-12-22(36-35-20)24(28,29)30/h1-12,31H,32H2,(H,35,36). The van der Waals surface area contributed by atoms with E-state index in [-0.39, 0.29) is 17.1 Å². The summed E-state index contributed by atoms with van der Waals surface area (Å²) in [5.41, 5.74) is 4.09. The van der Waals surface area contributed by atoms with Crippen molar-refractivity contribution in [3.05, 3.63) is 89.9 Å². The van der Waals surface area contributed by atoms with Crippen molar-refractivity contribution in [2.24, 2.45) is 5.73 Å². The molecule has 3 heterocycles. The van der Waals surface area contributed by atoms with Gasteiger partial charge in [-0.2, -0.15) is 31.4 Å². The summed E-state index contributed by atoms with van der Waals surface area (Å²) < 4.78 is 77.1. The second kappa shape index (κ2) is 9.29. The van der Waals surface area contributed by atoms with Crippen molar-refractivity contribution in [1.82, 2.24) is 20.2 Å². The number of aromatic amines is 1. The van der Waals surface area contributed by atoms with Crippen LogP contribution in [0.3, 0.4) is 0 Å². The molecule has 4 N–H and O–H groups in total. The first-order chi connectivity index (χ1) is 16.9. The van der Waals surface area contributed by atoms with E-state index in [4.69, 9.17) is 11.1 Å². The van der Waals surface area contributed by atoms with Gasteiger partial charge in [-0.1, -0.05) is 36.4 Å². The minimum absolute atomic E-state index is 0.00395. The van der Waals surface area contributed by atoms with Gasteiger partial charge >= 0.3 is 12.4 Å². The molecule has 0 atom stereocenters. The van der Waals surface area contributed by atoms with E-state index >= 15 is 0 Å². The zero-order chi connectivity index (χ0) is 26.1. The Morgan fingerprint density at radius 2 is 1.36 bits per heavy atom. The Kier molecular flexibility index (Phi) is 6.35. The van der Waals surface area contributed by atoms with E-state index in [1.807, 2.05) is 5.10 Å². The lowest BCUT2D eigenvalue weighted by atomic mass is 10.00. The summed E-state index contributed by atoms with van der Waals surface area (Å²) in [6, 6.07) is 17.0. The highest BCUT2D eigenvalue weighted by Gasteiger charge is 2.33. The summed E-state index contributed by atoms with van der Waals surface area (Å²) >= 11 is 0. The molecule has 0 fully saturated rings. The molecule has 3 aromatic heterocycles. The van der Waals surface area contributed by atoms with E-state index < -0.39 is 29.5 Å². The maximum absolute atomic E-state index is 12.9. The third-order valence-corrected chi connectivity index (χ3v) is 5.03. The Morgan fingerprint density at radius 3 is 1.94 bits per heavy atom. The summed E-state index contributed by atoms with van der Waals surface area (Å²) in [6.45, 7) is 0. The smallest absolute Gasteiger partial charge is 0.395 e. The van der Waals surface area contributed by atoms with Crippen LogP contribution in [0.1, 0.15) is 11.4 Å². The van der Waals surface area contributed by atoms with Crippen molar-refractivity contribution < 1.29 is 26.3 Å². The number of nitrogens with zero attached hydrogens (tertiary/aromatic N) is 3. The van der Waals surface area contributed by atoms with Crippen LogP contribution in [0.25, 0.3) is 33.9 Å². The van der Waals surface area contributed by atoms with Gasteiger partial charge in [0.2, 0.25) is 0 Å². The summed E-state index contributed by atoms with van der Waals surface area (Å²) in [5, 5.41) is 13.6. The number of aromatic nitrogens is 4. The van der Waals surface area contributed by atoms with Crippen molar-refractivity contribution >= 4 is 5.71 Å². The number of halogens is 6. The van der Waals surface area contributed by atoms with Crippen molar-refractivity contribution in [3.63, 3.8) is 0 Å². The first-order valence-corrected chi connectivity index (χ1v) is 10.2. The third kappa shape index (κ3) is 5.27. The van der Waals surface area contributed by atoms with Crippen molar-refractivity contribution in [3.8, 4) is 33.9 Å². The van der Waals surface area contributed by atoms with Crippen LogP contribution in [-0.4, -0.2) is 32.1 Å². The Labute approximate surface area is 200 Å². The van der Waals surface area contributed by atoms with Crippen LogP contribution in [0, 0.1) is 5.41 Å². The third-order valence-electron chi connectivity index (χ3n) is 5.03. The van der Waals surface area contributed by atoms with Gasteiger partial charge in [-0.05, 0) is 36.4 Å². The summed E-state index contributed by atoms with van der Waals surface area (Å²) in [4.78, 5) is 8.76.